The normalized spacial score (nSPS) is 16.2. The number of hydrogen-bond acceptors (Lipinski definition) is 3. The second-order valence-electron chi connectivity index (χ2n) is 5.60. The van der Waals surface area contributed by atoms with Crippen LogP contribution in [0.3, 0.4) is 0 Å². The fraction of sp³-hybridized carbons (Fsp3) is 0.647. The van der Waals surface area contributed by atoms with Crippen LogP contribution in [0.4, 0.5) is 0 Å². The van der Waals surface area contributed by atoms with Crippen molar-refractivity contribution >= 4 is 0 Å². The number of rotatable bonds is 8. The van der Waals surface area contributed by atoms with E-state index in [1.165, 1.54) is 50.9 Å². The largest absolute Gasteiger partial charge is 0.497 e. The van der Waals surface area contributed by atoms with E-state index in [9.17, 15) is 0 Å². The molecule has 2 rings (SSSR count). The summed E-state index contributed by atoms with van der Waals surface area (Å²) in [5.74, 6) is 0.934. The summed E-state index contributed by atoms with van der Waals surface area (Å²) in [7, 11) is 1.71. The molecule has 20 heavy (non-hydrogen) atoms. The average Bonchev–Trinajstić information content (AvgIpc) is 2.52. The molecule has 0 atom stereocenters. The first-order chi connectivity index (χ1) is 9.88. The molecule has 3 heteroatoms. The molecule has 0 spiro atoms. The van der Waals surface area contributed by atoms with Crippen molar-refractivity contribution in [1.29, 1.82) is 0 Å². The zero-order valence-electron chi connectivity index (χ0n) is 12.7. The van der Waals surface area contributed by atoms with Gasteiger partial charge in [-0.2, -0.15) is 0 Å². The van der Waals surface area contributed by atoms with Gasteiger partial charge in [0.05, 0.1) is 7.11 Å². The molecular formula is C17H28N2O. The maximum atomic E-state index is 5.16. The van der Waals surface area contributed by atoms with Crippen LogP contribution in [-0.2, 0) is 6.42 Å². The van der Waals surface area contributed by atoms with E-state index in [0.717, 1.165) is 25.3 Å². The topological polar surface area (TPSA) is 24.5 Å². The van der Waals surface area contributed by atoms with Crippen LogP contribution in [0.25, 0.3) is 0 Å². The third-order valence-electron chi connectivity index (χ3n) is 4.03. The fourth-order valence-electron chi connectivity index (χ4n) is 2.76. The number of benzene rings is 1. The van der Waals surface area contributed by atoms with E-state index in [2.05, 4.69) is 22.3 Å². The molecule has 1 heterocycles. The summed E-state index contributed by atoms with van der Waals surface area (Å²) in [6, 6.07) is 8.36. The monoisotopic (exact) mass is 276 g/mol. The summed E-state index contributed by atoms with van der Waals surface area (Å²) in [5.41, 5.74) is 1.37. The first-order valence-electron chi connectivity index (χ1n) is 7.94. The Morgan fingerprint density at radius 1 is 1.05 bits per heavy atom. The summed E-state index contributed by atoms with van der Waals surface area (Å²) in [6.45, 7) is 6.08. The Morgan fingerprint density at radius 2 is 1.80 bits per heavy atom. The third-order valence-corrected chi connectivity index (χ3v) is 4.03. The van der Waals surface area contributed by atoms with Crippen LogP contribution in [0.1, 0.15) is 31.2 Å². The molecule has 1 aromatic rings. The Bertz CT molecular complexity index is 358. The molecule has 1 N–H and O–H groups in total. The molecular weight excluding hydrogens is 248 g/mol. The number of nitrogens with zero attached hydrogens (tertiary/aromatic N) is 1. The van der Waals surface area contributed by atoms with Crippen LogP contribution in [0.2, 0.25) is 0 Å². The highest BCUT2D eigenvalue weighted by atomic mass is 16.5. The summed E-state index contributed by atoms with van der Waals surface area (Å²) >= 11 is 0. The van der Waals surface area contributed by atoms with Crippen LogP contribution in [0, 0.1) is 0 Å². The van der Waals surface area contributed by atoms with Crippen molar-refractivity contribution in [2.75, 3.05) is 39.8 Å². The van der Waals surface area contributed by atoms with E-state index in [4.69, 9.17) is 4.74 Å². The summed E-state index contributed by atoms with van der Waals surface area (Å²) in [5, 5.41) is 3.54. The van der Waals surface area contributed by atoms with E-state index in [-0.39, 0.29) is 0 Å². The van der Waals surface area contributed by atoms with E-state index in [0.29, 0.717) is 0 Å². The van der Waals surface area contributed by atoms with E-state index >= 15 is 0 Å². The second-order valence-corrected chi connectivity index (χ2v) is 5.60. The van der Waals surface area contributed by atoms with Gasteiger partial charge in [0.15, 0.2) is 0 Å². The van der Waals surface area contributed by atoms with Crippen LogP contribution >= 0.6 is 0 Å². The van der Waals surface area contributed by atoms with E-state index in [1.54, 1.807) is 7.11 Å². The highest BCUT2D eigenvalue weighted by Gasteiger charge is 2.08. The molecule has 0 radical (unpaired) electrons. The predicted molar refractivity (Wildman–Crippen MR) is 84.5 cm³/mol. The zero-order chi connectivity index (χ0) is 14.0. The predicted octanol–water partition coefficient (Wildman–Crippen LogP) is 2.70. The minimum Gasteiger partial charge on any atom is -0.497 e. The summed E-state index contributed by atoms with van der Waals surface area (Å²) < 4.78 is 5.16. The van der Waals surface area contributed by atoms with Crippen molar-refractivity contribution < 1.29 is 4.74 Å². The lowest BCUT2D eigenvalue weighted by Crippen LogP contribution is -2.32. The molecule has 0 unspecified atom stereocenters. The molecule has 1 aliphatic rings. The van der Waals surface area contributed by atoms with Gasteiger partial charge in [-0.1, -0.05) is 18.6 Å². The summed E-state index contributed by atoms with van der Waals surface area (Å²) in [6.07, 6.45) is 6.57. The Kier molecular flexibility index (Phi) is 6.89. The second kappa shape index (κ2) is 8.98. The molecule has 1 saturated heterocycles. The summed E-state index contributed by atoms with van der Waals surface area (Å²) in [4.78, 5) is 2.61. The quantitative estimate of drug-likeness (QED) is 0.739. The van der Waals surface area contributed by atoms with Crippen molar-refractivity contribution in [2.45, 2.75) is 32.1 Å². The van der Waals surface area contributed by atoms with Crippen molar-refractivity contribution in [3.05, 3.63) is 29.8 Å². The van der Waals surface area contributed by atoms with Crippen LogP contribution in [0.5, 0.6) is 5.75 Å². The zero-order valence-corrected chi connectivity index (χ0v) is 12.7. The van der Waals surface area contributed by atoms with Gasteiger partial charge < -0.3 is 15.0 Å². The van der Waals surface area contributed by atoms with Gasteiger partial charge in [0, 0.05) is 0 Å². The number of piperidine rings is 1. The Hall–Kier alpha value is -1.06. The highest BCUT2D eigenvalue weighted by molar-refractivity contribution is 5.27. The standard InChI is InChI=1S/C17H28N2O/c1-20-17-8-6-16(7-9-17)10-12-18-11-5-15-19-13-3-2-4-14-19/h6-9,18H,2-5,10-15H2,1H3. The number of nitrogens with one attached hydrogen (secondary N) is 1. The SMILES string of the molecule is COc1ccc(CCNCCCN2CCCCC2)cc1. The van der Waals surface area contributed by atoms with Gasteiger partial charge in [0.25, 0.3) is 0 Å². The molecule has 3 nitrogen and oxygen atoms in total. The van der Waals surface area contributed by atoms with E-state index < -0.39 is 0 Å². The van der Waals surface area contributed by atoms with Gasteiger partial charge >= 0.3 is 0 Å². The molecule has 0 aromatic heterocycles. The molecule has 0 amide bonds. The number of methoxy groups -OCH3 is 1. The maximum Gasteiger partial charge on any atom is 0.118 e. The first-order valence-corrected chi connectivity index (χ1v) is 7.94. The number of hydrogen-bond donors (Lipinski definition) is 1. The van der Waals surface area contributed by atoms with Crippen molar-refractivity contribution in [2.24, 2.45) is 0 Å². The Balaban J connectivity index is 1.50. The van der Waals surface area contributed by atoms with Crippen LogP contribution in [0.15, 0.2) is 24.3 Å². The smallest absolute Gasteiger partial charge is 0.118 e. The highest BCUT2D eigenvalue weighted by Crippen LogP contribution is 2.11. The van der Waals surface area contributed by atoms with Gasteiger partial charge in [-0.15, -0.1) is 0 Å². The Morgan fingerprint density at radius 3 is 2.50 bits per heavy atom. The molecule has 0 bridgehead atoms. The minimum absolute atomic E-state index is 0.934. The van der Waals surface area contributed by atoms with Gasteiger partial charge in [-0.3, -0.25) is 0 Å². The van der Waals surface area contributed by atoms with Crippen molar-refractivity contribution in [3.8, 4) is 5.75 Å². The van der Waals surface area contributed by atoms with E-state index in [1.807, 2.05) is 12.1 Å². The average molecular weight is 276 g/mol. The molecule has 112 valence electrons. The molecule has 0 aliphatic carbocycles. The number of ether oxygens (including phenoxy) is 1. The fourth-order valence-corrected chi connectivity index (χ4v) is 2.76. The van der Waals surface area contributed by atoms with Crippen LogP contribution in [-0.4, -0.2) is 44.7 Å². The maximum absolute atomic E-state index is 5.16. The minimum atomic E-state index is 0.934. The van der Waals surface area contributed by atoms with Crippen molar-refractivity contribution in [1.82, 2.24) is 10.2 Å². The van der Waals surface area contributed by atoms with Crippen LogP contribution < -0.4 is 10.1 Å². The van der Waals surface area contributed by atoms with Crippen molar-refractivity contribution in [3.63, 3.8) is 0 Å². The third kappa shape index (κ3) is 5.51. The molecule has 1 aliphatic heterocycles. The lowest BCUT2D eigenvalue weighted by Gasteiger charge is -2.26. The molecule has 1 fully saturated rings. The Labute approximate surface area is 123 Å². The lowest BCUT2D eigenvalue weighted by atomic mass is 10.1. The van der Waals surface area contributed by atoms with Gasteiger partial charge in [0.2, 0.25) is 0 Å². The molecule has 1 aromatic carbocycles. The number of likely N-dealkylation sites (tertiary alicyclic amines) is 1. The van der Waals surface area contributed by atoms with Gasteiger partial charge in [-0.25, -0.2) is 0 Å². The first kappa shape index (κ1) is 15.3. The van der Waals surface area contributed by atoms with Gasteiger partial charge in [0.1, 0.15) is 5.75 Å². The lowest BCUT2D eigenvalue weighted by molar-refractivity contribution is 0.226. The molecule has 0 saturated carbocycles. The van der Waals surface area contributed by atoms with Gasteiger partial charge in [-0.05, 0) is 76.1 Å².